The minimum atomic E-state index is -1.02. The van der Waals surface area contributed by atoms with Crippen molar-refractivity contribution in [3.63, 3.8) is 0 Å². The lowest BCUT2D eigenvalue weighted by Gasteiger charge is -2.26. The van der Waals surface area contributed by atoms with Gasteiger partial charge in [0.15, 0.2) is 5.78 Å². The Labute approximate surface area is 191 Å². The molecule has 5 rings (SSSR count). The number of fused-ring (bicyclic) bond motifs is 2. The number of rotatable bonds is 3. The lowest BCUT2D eigenvalue weighted by atomic mass is 9.77. The Morgan fingerprint density at radius 2 is 1.66 bits per heavy atom. The molecule has 0 aliphatic heterocycles. The smallest absolute Gasteiger partial charge is 0.344 e. The number of benzene rings is 3. The van der Waals surface area contributed by atoms with Gasteiger partial charge in [0.1, 0.15) is 17.1 Å². The van der Waals surface area contributed by atoms with Crippen LogP contribution in [0.25, 0.3) is 16.7 Å². The normalized spacial score (nSPS) is 14.5. The molecule has 1 aliphatic rings. The van der Waals surface area contributed by atoms with Gasteiger partial charge in [-0.1, -0.05) is 64.5 Å². The summed E-state index contributed by atoms with van der Waals surface area (Å²) >= 11 is 3.43. The third-order valence-electron chi connectivity index (χ3n) is 5.76. The molecule has 0 saturated carbocycles. The number of halogens is 1. The molecule has 32 heavy (non-hydrogen) atoms. The van der Waals surface area contributed by atoms with Gasteiger partial charge < -0.3 is 14.6 Å². The molecule has 1 atom stereocenters. The second kappa shape index (κ2) is 7.80. The summed E-state index contributed by atoms with van der Waals surface area (Å²) in [6, 6.07) is 20.8. The Hall–Kier alpha value is -3.64. The summed E-state index contributed by atoms with van der Waals surface area (Å²) in [6.45, 7) is 0. The molecule has 1 aliphatic carbocycles. The quantitative estimate of drug-likeness (QED) is 0.372. The first-order valence-corrected chi connectivity index (χ1v) is 10.8. The average molecular weight is 489 g/mol. The van der Waals surface area contributed by atoms with Crippen molar-refractivity contribution < 1.29 is 19.4 Å². The number of aliphatic hydroxyl groups excluding tert-OH is 1. The fourth-order valence-electron chi connectivity index (χ4n) is 4.31. The summed E-state index contributed by atoms with van der Waals surface area (Å²) in [6.07, 6.45) is 0.0831. The molecule has 5 nitrogen and oxygen atoms in total. The van der Waals surface area contributed by atoms with Gasteiger partial charge in [0.2, 0.25) is 0 Å². The number of ketones is 1. The number of Topliss-reactive ketones (excluding diaryl/α,β-unsaturated/α-hetero) is 1. The zero-order valence-electron chi connectivity index (χ0n) is 16.7. The zero-order chi connectivity index (χ0) is 22.4. The minimum Gasteiger partial charge on any atom is -0.507 e. The second-order valence-electron chi connectivity index (χ2n) is 7.66. The molecule has 0 saturated heterocycles. The third kappa shape index (κ3) is 3.24. The summed E-state index contributed by atoms with van der Waals surface area (Å²) in [5.41, 5.74) is 1.25. The maximum atomic E-state index is 13.3. The van der Waals surface area contributed by atoms with Crippen molar-refractivity contribution in [2.45, 2.75) is 12.3 Å². The van der Waals surface area contributed by atoms with Crippen molar-refractivity contribution in [3.8, 4) is 5.75 Å². The van der Waals surface area contributed by atoms with Crippen LogP contribution < -0.4 is 5.63 Å². The highest BCUT2D eigenvalue weighted by Crippen LogP contribution is 2.43. The first-order valence-electron chi connectivity index (χ1n) is 10.0. The predicted octanol–water partition coefficient (Wildman–Crippen LogP) is 5.49. The van der Waals surface area contributed by atoms with E-state index in [9.17, 15) is 19.8 Å². The van der Waals surface area contributed by atoms with Gasteiger partial charge in [-0.3, -0.25) is 4.79 Å². The summed E-state index contributed by atoms with van der Waals surface area (Å²) in [5, 5.41) is 22.7. The number of para-hydroxylation sites is 1. The van der Waals surface area contributed by atoms with E-state index in [0.717, 1.165) is 4.47 Å². The van der Waals surface area contributed by atoms with Crippen LogP contribution in [0.2, 0.25) is 0 Å². The highest BCUT2D eigenvalue weighted by atomic mass is 79.9. The molecule has 3 aromatic carbocycles. The molecule has 0 fully saturated rings. The number of aliphatic hydroxyl groups is 1. The topological polar surface area (TPSA) is 87.7 Å². The monoisotopic (exact) mass is 488 g/mol. The van der Waals surface area contributed by atoms with Gasteiger partial charge in [-0.05, 0) is 35.4 Å². The standard InChI is InChI=1S/C26H17BrO5/c27-16-8-5-7-15(12-16)21(22-19(28)13-14-6-1-2-9-17(14)24(22)29)23-25(30)18-10-3-4-11-20(18)32-26(23)31/h1-12,21,29-30H,13H2. The van der Waals surface area contributed by atoms with E-state index in [2.05, 4.69) is 15.9 Å². The highest BCUT2D eigenvalue weighted by molar-refractivity contribution is 9.10. The number of carbonyl (C=O) groups is 1. The molecule has 0 spiro atoms. The average Bonchev–Trinajstić information content (AvgIpc) is 2.78. The fraction of sp³-hybridized carbons (Fsp3) is 0.0769. The number of carbonyl (C=O) groups excluding carboxylic acids is 1. The Morgan fingerprint density at radius 1 is 0.906 bits per heavy atom. The van der Waals surface area contributed by atoms with Crippen molar-refractivity contribution in [1.82, 2.24) is 0 Å². The largest absolute Gasteiger partial charge is 0.507 e. The van der Waals surface area contributed by atoms with Gasteiger partial charge in [0.05, 0.1) is 22.4 Å². The van der Waals surface area contributed by atoms with Crippen LogP contribution in [0.4, 0.5) is 0 Å². The lowest BCUT2D eigenvalue weighted by Crippen LogP contribution is -2.25. The van der Waals surface area contributed by atoms with E-state index < -0.39 is 11.5 Å². The van der Waals surface area contributed by atoms with Gasteiger partial charge in [-0.15, -0.1) is 0 Å². The van der Waals surface area contributed by atoms with Gasteiger partial charge in [-0.25, -0.2) is 4.79 Å². The Bertz CT molecular complexity index is 1480. The van der Waals surface area contributed by atoms with E-state index in [1.807, 2.05) is 6.07 Å². The molecule has 0 radical (unpaired) electrons. The molecule has 1 aromatic heterocycles. The van der Waals surface area contributed by atoms with Crippen LogP contribution in [-0.4, -0.2) is 16.0 Å². The SMILES string of the molecule is O=C1Cc2ccccc2C(O)=C1C(c1cccc(Br)c1)c1c(O)c2ccccc2oc1=O. The number of aromatic hydroxyl groups is 1. The second-order valence-corrected chi connectivity index (χ2v) is 8.57. The zero-order valence-corrected chi connectivity index (χ0v) is 18.3. The van der Waals surface area contributed by atoms with Crippen LogP contribution in [-0.2, 0) is 11.2 Å². The van der Waals surface area contributed by atoms with Crippen molar-refractivity contribution in [2.75, 3.05) is 0 Å². The van der Waals surface area contributed by atoms with Crippen molar-refractivity contribution in [1.29, 1.82) is 0 Å². The highest BCUT2D eigenvalue weighted by Gasteiger charge is 2.36. The molecule has 0 bridgehead atoms. The van der Waals surface area contributed by atoms with E-state index in [4.69, 9.17) is 4.42 Å². The van der Waals surface area contributed by atoms with Crippen LogP contribution in [0.3, 0.4) is 0 Å². The summed E-state index contributed by atoms with van der Waals surface area (Å²) in [5.74, 6) is -1.81. The summed E-state index contributed by atoms with van der Waals surface area (Å²) < 4.78 is 6.22. The predicted molar refractivity (Wildman–Crippen MR) is 125 cm³/mol. The van der Waals surface area contributed by atoms with Crippen LogP contribution in [0.15, 0.2) is 92.1 Å². The van der Waals surface area contributed by atoms with E-state index >= 15 is 0 Å². The Kier molecular flexibility index (Phi) is 4.94. The Balaban J connectivity index is 1.86. The van der Waals surface area contributed by atoms with Crippen LogP contribution in [0.1, 0.15) is 28.2 Å². The van der Waals surface area contributed by atoms with Gasteiger partial charge in [-0.2, -0.15) is 0 Å². The van der Waals surface area contributed by atoms with Gasteiger partial charge >= 0.3 is 5.63 Å². The fourth-order valence-corrected chi connectivity index (χ4v) is 4.73. The van der Waals surface area contributed by atoms with Crippen LogP contribution >= 0.6 is 15.9 Å². The van der Waals surface area contributed by atoms with Gasteiger partial charge in [0.25, 0.3) is 0 Å². The van der Waals surface area contributed by atoms with Crippen LogP contribution in [0.5, 0.6) is 5.75 Å². The molecular weight excluding hydrogens is 472 g/mol. The lowest BCUT2D eigenvalue weighted by molar-refractivity contribution is -0.115. The molecule has 1 heterocycles. The third-order valence-corrected chi connectivity index (χ3v) is 6.25. The molecular formula is C26H17BrO5. The molecule has 0 amide bonds. The first-order chi connectivity index (χ1) is 15.5. The van der Waals surface area contributed by atoms with E-state index in [1.165, 1.54) is 0 Å². The molecule has 1 unspecified atom stereocenters. The molecule has 4 aromatic rings. The van der Waals surface area contributed by atoms with Crippen molar-refractivity contribution in [3.05, 3.63) is 116 Å². The number of hydrogen-bond acceptors (Lipinski definition) is 5. The maximum absolute atomic E-state index is 13.3. The molecule has 6 heteroatoms. The summed E-state index contributed by atoms with van der Waals surface area (Å²) in [4.78, 5) is 26.4. The van der Waals surface area contributed by atoms with Crippen molar-refractivity contribution in [2.24, 2.45) is 0 Å². The van der Waals surface area contributed by atoms with Crippen LogP contribution in [0, 0.1) is 0 Å². The van der Waals surface area contributed by atoms with Gasteiger partial charge in [0, 0.05) is 16.5 Å². The number of hydrogen-bond donors (Lipinski definition) is 2. The molecule has 158 valence electrons. The maximum Gasteiger partial charge on any atom is 0.344 e. The van der Waals surface area contributed by atoms with Crippen molar-refractivity contribution >= 4 is 38.4 Å². The van der Waals surface area contributed by atoms with E-state index in [1.54, 1.807) is 66.7 Å². The van der Waals surface area contributed by atoms with E-state index in [0.29, 0.717) is 22.1 Å². The van der Waals surface area contributed by atoms with E-state index in [-0.39, 0.29) is 40.4 Å². The summed E-state index contributed by atoms with van der Waals surface area (Å²) in [7, 11) is 0. The Morgan fingerprint density at radius 3 is 2.47 bits per heavy atom. The molecule has 2 N–H and O–H groups in total. The minimum absolute atomic E-state index is 0.0553. The first kappa shape index (κ1) is 20.3. The number of allylic oxidation sites excluding steroid dienone is 1.